The van der Waals surface area contributed by atoms with E-state index >= 15 is 0 Å². The summed E-state index contributed by atoms with van der Waals surface area (Å²) in [5, 5.41) is 0. The molecule has 0 spiro atoms. The van der Waals surface area contributed by atoms with Gasteiger partial charge >= 0.3 is 5.97 Å². The van der Waals surface area contributed by atoms with Crippen LogP contribution in [0.1, 0.15) is 10.4 Å². The third-order valence-electron chi connectivity index (χ3n) is 2.55. The molecule has 0 fully saturated rings. The Morgan fingerprint density at radius 3 is 2.44 bits per heavy atom. The molecule has 2 rings (SSSR count). The topological polar surface area (TPSA) is 26.3 Å². The van der Waals surface area contributed by atoms with E-state index in [4.69, 9.17) is 0 Å². The second kappa shape index (κ2) is 4.96. The van der Waals surface area contributed by atoms with E-state index in [0.29, 0.717) is 5.56 Å². The fraction of sp³-hybridized carbons (Fsp3) is 0.0714. The zero-order chi connectivity index (χ0) is 13.1. The van der Waals surface area contributed by atoms with E-state index in [2.05, 4.69) is 4.74 Å². The number of hydrogen-bond donors (Lipinski definition) is 0. The number of methoxy groups -OCH3 is 1. The van der Waals surface area contributed by atoms with Gasteiger partial charge < -0.3 is 4.74 Å². The molecule has 0 saturated heterocycles. The number of carbonyl (C=O) groups is 1. The quantitative estimate of drug-likeness (QED) is 0.761. The van der Waals surface area contributed by atoms with Gasteiger partial charge in [-0.15, -0.1) is 0 Å². The molecule has 0 aliphatic rings. The third-order valence-corrected chi connectivity index (χ3v) is 2.55. The van der Waals surface area contributed by atoms with Crippen LogP contribution < -0.4 is 0 Å². The molecule has 0 aliphatic heterocycles. The summed E-state index contributed by atoms with van der Waals surface area (Å²) in [7, 11) is 1.19. The van der Waals surface area contributed by atoms with E-state index in [0.717, 1.165) is 6.07 Å². The van der Waals surface area contributed by atoms with Crippen molar-refractivity contribution >= 4 is 5.97 Å². The van der Waals surface area contributed by atoms with Crippen molar-refractivity contribution in [3.63, 3.8) is 0 Å². The molecule has 0 heterocycles. The fourth-order valence-electron chi connectivity index (χ4n) is 1.71. The molecule has 0 unspecified atom stereocenters. The Balaban J connectivity index is 2.64. The molecule has 2 nitrogen and oxygen atoms in total. The number of ether oxygens (including phenoxy) is 1. The lowest BCUT2D eigenvalue weighted by Gasteiger charge is -2.09. The van der Waals surface area contributed by atoms with Crippen LogP contribution in [0.25, 0.3) is 11.1 Å². The zero-order valence-electron chi connectivity index (χ0n) is 9.61. The molecule has 18 heavy (non-hydrogen) atoms. The number of benzene rings is 2. The first-order valence-electron chi connectivity index (χ1n) is 5.26. The van der Waals surface area contributed by atoms with Crippen LogP contribution in [0, 0.1) is 11.6 Å². The Kier molecular flexibility index (Phi) is 3.37. The van der Waals surface area contributed by atoms with E-state index < -0.39 is 17.6 Å². The Bertz CT molecular complexity index is 594. The van der Waals surface area contributed by atoms with Crippen LogP contribution in [0.15, 0.2) is 42.5 Å². The maximum Gasteiger partial charge on any atom is 0.338 e. The minimum Gasteiger partial charge on any atom is -0.465 e. The number of carbonyl (C=O) groups excluding carboxylic acids is 1. The summed E-state index contributed by atoms with van der Waals surface area (Å²) >= 11 is 0. The van der Waals surface area contributed by atoms with Crippen LogP contribution in [0.3, 0.4) is 0 Å². The smallest absolute Gasteiger partial charge is 0.338 e. The molecule has 0 amide bonds. The maximum atomic E-state index is 13.7. The van der Waals surface area contributed by atoms with Gasteiger partial charge in [0.1, 0.15) is 11.6 Å². The van der Waals surface area contributed by atoms with Crippen molar-refractivity contribution in [1.82, 2.24) is 0 Å². The summed E-state index contributed by atoms with van der Waals surface area (Å²) in [6.07, 6.45) is 0. The van der Waals surface area contributed by atoms with Gasteiger partial charge in [0, 0.05) is 5.56 Å². The predicted octanol–water partition coefficient (Wildman–Crippen LogP) is 3.42. The van der Waals surface area contributed by atoms with Crippen molar-refractivity contribution in [3.05, 3.63) is 59.7 Å². The van der Waals surface area contributed by atoms with E-state index in [1.165, 1.54) is 31.4 Å². The Morgan fingerprint density at radius 1 is 1.06 bits per heavy atom. The van der Waals surface area contributed by atoms with E-state index in [9.17, 15) is 13.6 Å². The highest BCUT2D eigenvalue weighted by Gasteiger charge is 2.16. The van der Waals surface area contributed by atoms with E-state index in [-0.39, 0.29) is 11.1 Å². The van der Waals surface area contributed by atoms with Crippen LogP contribution in [0.4, 0.5) is 8.78 Å². The van der Waals surface area contributed by atoms with Gasteiger partial charge in [-0.2, -0.15) is 0 Å². The number of rotatable bonds is 2. The van der Waals surface area contributed by atoms with Gasteiger partial charge in [0.15, 0.2) is 0 Å². The molecular weight excluding hydrogens is 238 g/mol. The van der Waals surface area contributed by atoms with Crippen molar-refractivity contribution in [2.75, 3.05) is 7.11 Å². The molecule has 2 aromatic carbocycles. The van der Waals surface area contributed by atoms with Crippen LogP contribution in [0.5, 0.6) is 0 Å². The van der Waals surface area contributed by atoms with Crippen molar-refractivity contribution in [2.24, 2.45) is 0 Å². The second-order valence-electron chi connectivity index (χ2n) is 3.66. The summed E-state index contributed by atoms with van der Waals surface area (Å²) in [4.78, 5) is 11.6. The lowest BCUT2D eigenvalue weighted by molar-refractivity contribution is 0.0601. The SMILES string of the molecule is COC(=O)c1cc(F)ccc1-c1ccccc1F. The molecular formula is C14H10F2O2. The second-order valence-corrected chi connectivity index (χ2v) is 3.66. The normalized spacial score (nSPS) is 10.2. The van der Waals surface area contributed by atoms with E-state index in [1.807, 2.05) is 0 Å². The summed E-state index contributed by atoms with van der Waals surface area (Å²) in [6, 6.07) is 9.56. The summed E-state index contributed by atoms with van der Waals surface area (Å²) in [5.74, 6) is -1.75. The zero-order valence-corrected chi connectivity index (χ0v) is 9.61. The Morgan fingerprint density at radius 2 is 1.78 bits per heavy atom. The molecule has 0 bridgehead atoms. The monoisotopic (exact) mass is 248 g/mol. The maximum absolute atomic E-state index is 13.7. The lowest BCUT2D eigenvalue weighted by atomic mass is 9.99. The van der Waals surface area contributed by atoms with Crippen molar-refractivity contribution in [1.29, 1.82) is 0 Å². The summed E-state index contributed by atoms with van der Waals surface area (Å²) < 4.78 is 31.4. The highest BCUT2D eigenvalue weighted by atomic mass is 19.1. The molecule has 0 aliphatic carbocycles. The first-order chi connectivity index (χ1) is 8.63. The molecule has 92 valence electrons. The fourth-order valence-corrected chi connectivity index (χ4v) is 1.71. The van der Waals surface area contributed by atoms with Crippen LogP contribution >= 0.6 is 0 Å². The summed E-state index contributed by atoms with van der Waals surface area (Å²) in [6.45, 7) is 0. The average Bonchev–Trinajstić information content (AvgIpc) is 2.39. The van der Waals surface area contributed by atoms with Crippen LogP contribution in [-0.4, -0.2) is 13.1 Å². The van der Waals surface area contributed by atoms with Gasteiger partial charge in [0.2, 0.25) is 0 Å². The van der Waals surface area contributed by atoms with E-state index in [1.54, 1.807) is 12.1 Å². The first kappa shape index (κ1) is 12.2. The molecule has 0 atom stereocenters. The highest BCUT2D eigenvalue weighted by Crippen LogP contribution is 2.27. The van der Waals surface area contributed by atoms with Gasteiger partial charge in [0.05, 0.1) is 12.7 Å². The Hall–Kier alpha value is -2.23. The number of esters is 1. The molecule has 4 heteroatoms. The number of halogens is 2. The van der Waals surface area contributed by atoms with Crippen LogP contribution in [-0.2, 0) is 4.74 Å². The molecule has 0 saturated carbocycles. The largest absolute Gasteiger partial charge is 0.465 e. The molecule has 0 N–H and O–H groups in total. The predicted molar refractivity (Wildman–Crippen MR) is 63.1 cm³/mol. The van der Waals surface area contributed by atoms with Gasteiger partial charge in [-0.05, 0) is 23.8 Å². The molecule has 0 radical (unpaired) electrons. The summed E-state index contributed by atoms with van der Waals surface area (Å²) in [5.41, 5.74) is 0.543. The average molecular weight is 248 g/mol. The Labute approximate surface area is 103 Å². The molecule has 2 aromatic rings. The first-order valence-corrected chi connectivity index (χ1v) is 5.26. The van der Waals surface area contributed by atoms with Crippen molar-refractivity contribution in [2.45, 2.75) is 0 Å². The highest BCUT2D eigenvalue weighted by molar-refractivity contribution is 5.97. The van der Waals surface area contributed by atoms with Crippen molar-refractivity contribution in [3.8, 4) is 11.1 Å². The van der Waals surface area contributed by atoms with Gasteiger partial charge in [-0.3, -0.25) is 0 Å². The van der Waals surface area contributed by atoms with Gasteiger partial charge in [0.25, 0.3) is 0 Å². The van der Waals surface area contributed by atoms with Gasteiger partial charge in [-0.1, -0.05) is 24.3 Å². The lowest BCUT2D eigenvalue weighted by Crippen LogP contribution is -2.04. The standard InChI is InChI=1S/C14H10F2O2/c1-18-14(17)12-8-9(15)6-7-10(12)11-4-2-3-5-13(11)16/h2-8H,1H3. The third kappa shape index (κ3) is 2.22. The number of hydrogen-bond acceptors (Lipinski definition) is 2. The molecule has 0 aromatic heterocycles. The van der Waals surface area contributed by atoms with Crippen LogP contribution in [0.2, 0.25) is 0 Å². The van der Waals surface area contributed by atoms with Crippen molar-refractivity contribution < 1.29 is 18.3 Å². The minimum atomic E-state index is -0.701. The minimum absolute atomic E-state index is 0.00241. The van der Waals surface area contributed by atoms with Gasteiger partial charge in [-0.25, -0.2) is 13.6 Å².